The summed E-state index contributed by atoms with van der Waals surface area (Å²) in [6.07, 6.45) is 2.09. The van der Waals surface area contributed by atoms with Crippen molar-refractivity contribution in [3.63, 3.8) is 0 Å². The normalized spacial score (nSPS) is 16.7. The number of aliphatic hydroxyl groups is 1. The third-order valence-electron chi connectivity index (χ3n) is 5.26. The number of piperidine rings is 1. The number of hydrogen-bond donors (Lipinski definition) is 2. The number of amides is 1. The number of nitrogens with one attached hydrogen (secondary N) is 1. The predicted octanol–water partition coefficient (Wildman–Crippen LogP) is 2.34. The number of benzene rings is 2. The zero-order chi connectivity index (χ0) is 19.1. The topological polar surface area (TPSA) is 61.8 Å². The summed E-state index contributed by atoms with van der Waals surface area (Å²) in [5, 5.41) is 13.8. The molecule has 2 aromatic carbocycles. The average molecular weight is 368 g/mol. The number of carbonyl (C=O) groups excluding carboxylic acids is 1. The number of carbonyl (C=O) groups is 1. The van der Waals surface area contributed by atoms with Crippen LogP contribution in [0.5, 0.6) is 5.75 Å². The van der Waals surface area contributed by atoms with E-state index in [4.69, 9.17) is 4.74 Å². The lowest BCUT2D eigenvalue weighted by molar-refractivity contribution is -0.123. The Bertz CT molecular complexity index is 723. The molecule has 0 aromatic heterocycles. The van der Waals surface area contributed by atoms with Crippen molar-refractivity contribution < 1.29 is 14.6 Å². The molecule has 1 saturated heterocycles. The summed E-state index contributed by atoms with van der Waals surface area (Å²) >= 11 is 0. The van der Waals surface area contributed by atoms with Crippen LogP contribution in [0.1, 0.15) is 24.0 Å². The van der Waals surface area contributed by atoms with Crippen LogP contribution >= 0.6 is 0 Å². The van der Waals surface area contributed by atoms with Crippen LogP contribution in [0.25, 0.3) is 0 Å². The smallest absolute Gasteiger partial charge is 0.234 e. The molecule has 5 heteroatoms. The van der Waals surface area contributed by atoms with Gasteiger partial charge in [-0.1, -0.05) is 42.5 Å². The van der Waals surface area contributed by atoms with Gasteiger partial charge in [0.1, 0.15) is 5.75 Å². The van der Waals surface area contributed by atoms with Crippen LogP contribution in [0, 0.1) is 0 Å². The minimum absolute atomic E-state index is 0.0358. The molecule has 0 spiro atoms. The molecule has 3 rings (SSSR count). The highest BCUT2D eigenvalue weighted by Crippen LogP contribution is 2.32. The molecule has 0 radical (unpaired) electrons. The number of likely N-dealkylation sites (tertiary alicyclic amines) is 1. The zero-order valence-electron chi connectivity index (χ0n) is 15.9. The molecule has 1 fully saturated rings. The maximum atomic E-state index is 12.2. The molecule has 0 bridgehead atoms. The van der Waals surface area contributed by atoms with Gasteiger partial charge in [0.25, 0.3) is 0 Å². The van der Waals surface area contributed by atoms with Crippen molar-refractivity contribution in [2.24, 2.45) is 0 Å². The molecule has 2 aromatic rings. The second-order valence-electron chi connectivity index (χ2n) is 7.12. The minimum atomic E-state index is -0.775. The summed E-state index contributed by atoms with van der Waals surface area (Å²) in [7, 11) is 1.65. The van der Waals surface area contributed by atoms with Crippen LogP contribution in [0.4, 0.5) is 0 Å². The molecule has 2 N–H and O–H groups in total. The molecular weight excluding hydrogens is 340 g/mol. The lowest BCUT2D eigenvalue weighted by Gasteiger charge is -2.38. The van der Waals surface area contributed by atoms with Crippen molar-refractivity contribution in [3.05, 3.63) is 65.7 Å². The van der Waals surface area contributed by atoms with E-state index in [1.54, 1.807) is 7.11 Å². The van der Waals surface area contributed by atoms with E-state index < -0.39 is 5.60 Å². The Morgan fingerprint density at radius 3 is 2.41 bits per heavy atom. The average Bonchev–Trinajstić information content (AvgIpc) is 2.71. The van der Waals surface area contributed by atoms with Gasteiger partial charge >= 0.3 is 0 Å². The summed E-state index contributed by atoms with van der Waals surface area (Å²) in [5.74, 6) is 0.872. The molecular formula is C22H28N2O3. The van der Waals surface area contributed by atoms with Gasteiger partial charge < -0.3 is 15.2 Å². The van der Waals surface area contributed by atoms with Gasteiger partial charge in [-0.15, -0.1) is 0 Å². The number of rotatable bonds is 7. The monoisotopic (exact) mass is 368 g/mol. The van der Waals surface area contributed by atoms with Gasteiger partial charge in [0.15, 0.2) is 0 Å². The van der Waals surface area contributed by atoms with Crippen LogP contribution in [0.15, 0.2) is 54.6 Å². The van der Waals surface area contributed by atoms with Crippen molar-refractivity contribution in [2.45, 2.75) is 24.9 Å². The zero-order valence-corrected chi connectivity index (χ0v) is 15.9. The quantitative estimate of drug-likeness (QED) is 0.788. The third kappa shape index (κ3) is 5.31. The minimum Gasteiger partial charge on any atom is -0.497 e. The van der Waals surface area contributed by atoms with Crippen LogP contribution in [0.2, 0.25) is 0 Å². The molecule has 0 unspecified atom stereocenters. The van der Waals surface area contributed by atoms with Crippen LogP contribution in [0.3, 0.4) is 0 Å². The van der Waals surface area contributed by atoms with E-state index >= 15 is 0 Å². The fourth-order valence-electron chi connectivity index (χ4n) is 3.52. The van der Waals surface area contributed by atoms with Crippen LogP contribution < -0.4 is 10.1 Å². The molecule has 144 valence electrons. The molecule has 1 amide bonds. The van der Waals surface area contributed by atoms with Gasteiger partial charge in [0, 0.05) is 19.6 Å². The molecule has 1 aliphatic heterocycles. The Kier molecular flexibility index (Phi) is 6.48. The first-order chi connectivity index (χ1) is 13.1. The highest BCUT2D eigenvalue weighted by Gasteiger charge is 2.34. The molecule has 27 heavy (non-hydrogen) atoms. The van der Waals surface area contributed by atoms with E-state index in [2.05, 4.69) is 10.2 Å². The highest BCUT2D eigenvalue weighted by molar-refractivity contribution is 5.78. The Morgan fingerprint density at radius 2 is 1.78 bits per heavy atom. The summed E-state index contributed by atoms with van der Waals surface area (Å²) in [4.78, 5) is 14.3. The fraction of sp³-hybridized carbons (Fsp3) is 0.409. The maximum Gasteiger partial charge on any atom is 0.234 e. The van der Waals surface area contributed by atoms with Crippen molar-refractivity contribution >= 4 is 5.91 Å². The van der Waals surface area contributed by atoms with Crippen molar-refractivity contribution in [2.75, 3.05) is 33.3 Å². The third-order valence-corrected chi connectivity index (χ3v) is 5.26. The van der Waals surface area contributed by atoms with Gasteiger partial charge in [-0.3, -0.25) is 9.69 Å². The molecule has 1 aliphatic rings. The van der Waals surface area contributed by atoms with Gasteiger partial charge in [0.05, 0.1) is 19.3 Å². The SMILES string of the molecule is COc1ccc(CCNC(=O)CN2CCC(O)(c3ccccc3)CC2)cc1. The standard InChI is InChI=1S/C22H28N2O3/c1-27-20-9-7-18(8-10-20)11-14-23-21(25)17-24-15-12-22(26,13-16-24)19-5-3-2-4-6-19/h2-10,26H,11-17H2,1H3,(H,23,25). The lowest BCUT2D eigenvalue weighted by atomic mass is 9.84. The number of methoxy groups -OCH3 is 1. The molecule has 1 heterocycles. The highest BCUT2D eigenvalue weighted by atomic mass is 16.5. The summed E-state index contributed by atoms with van der Waals surface area (Å²) < 4.78 is 5.15. The van der Waals surface area contributed by atoms with Crippen molar-refractivity contribution in [1.82, 2.24) is 10.2 Å². The molecule has 5 nitrogen and oxygen atoms in total. The molecule has 0 saturated carbocycles. The first-order valence-electron chi connectivity index (χ1n) is 9.49. The first-order valence-corrected chi connectivity index (χ1v) is 9.49. The number of nitrogens with zero attached hydrogens (tertiary/aromatic N) is 1. The summed E-state index contributed by atoms with van der Waals surface area (Å²) in [5.41, 5.74) is 1.36. The van der Waals surface area contributed by atoms with E-state index in [1.165, 1.54) is 5.56 Å². The van der Waals surface area contributed by atoms with E-state index in [0.717, 1.165) is 30.8 Å². The summed E-state index contributed by atoms with van der Waals surface area (Å²) in [6.45, 7) is 2.44. The molecule has 0 aliphatic carbocycles. The Morgan fingerprint density at radius 1 is 1.11 bits per heavy atom. The largest absolute Gasteiger partial charge is 0.497 e. The lowest BCUT2D eigenvalue weighted by Crippen LogP contribution is -2.46. The maximum absolute atomic E-state index is 12.2. The van der Waals surface area contributed by atoms with Crippen LogP contribution in [-0.4, -0.2) is 49.2 Å². The van der Waals surface area contributed by atoms with Crippen molar-refractivity contribution in [3.8, 4) is 5.75 Å². The van der Waals surface area contributed by atoms with Gasteiger partial charge in [0.2, 0.25) is 5.91 Å². The number of ether oxygens (including phenoxy) is 1. The molecule has 0 atom stereocenters. The number of hydrogen-bond acceptors (Lipinski definition) is 4. The first kappa shape index (κ1) is 19.4. The van der Waals surface area contributed by atoms with Gasteiger partial charge in [-0.2, -0.15) is 0 Å². The van der Waals surface area contributed by atoms with Gasteiger partial charge in [-0.25, -0.2) is 0 Å². The predicted molar refractivity (Wildman–Crippen MR) is 106 cm³/mol. The fourth-order valence-corrected chi connectivity index (χ4v) is 3.52. The Hall–Kier alpha value is -2.37. The Labute approximate surface area is 161 Å². The van der Waals surface area contributed by atoms with Crippen LogP contribution in [-0.2, 0) is 16.8 Å². The summed E-state index contributed by atoms with van der Waals surface area (Å²) in [6, 6.07) is 17.7. The second kappa shape index (κ2) is 9.02. The van der Waals surface area contributed by atoms with E-state index in [1.807, 2.05) is 54.6 Å². The van der Waals surface area contributed by atoms with E-state index in [0.29, 0.717) is 25.9 Å². The van der Waals surface area contributed by atoms with Gasteiger partial charge in [-0.05, 0) is 42.5 Å². The second-order valence-corrected chi connectivity index (χ2v) is 7.12. The van der Waals surface area contributed by atoms with E-state index in [-0.39, 0.29) is 5.91 Å². The van der Waals surface area contributed by atoms with E-state index in [9.17, 15) is 9.90 Å². The Balaban J connectivity index is 1.39. The van der Waals surface area contributed by atoms with Crippen molar-refractivity contribution in [1.29, 1.82) is 0 Å².